The first-order valence-corrected chi connectivity index (χ1v) is 7.14. The monoisotopic (exact) mass is 247 g/mol. The molecular formula is C16H25NO. The van der Waals surface area contributed by atoms with Gasteiger partial charge in [-0.1, -0.05) is 26.0 Å². The van der Waals surface area contributed by atoms with Crippen LogP contribution in [0.3, 0.4) is 0 Å². The summed E-state index contributed by atoms with van der Waals surface area (Å²) in [4.78, 5) is 0. The molecule has 0 aromatic heterocycles. The fourth-order valence-corrected chi connectivity index (χ4v) is 3.20. The van der Waals surface area contributed by atoms with Crippen LogP contribution in [0.25, 0.3) is 0 Å². The molecule has 2 N–H and O–H groups in total. The fourth-order valence-electron chi connectivity index (χ4n) is 3.20. The summed E-state index contributed by atoms with van der Waals surface area (Å²) in [6.07, 6.45) is 5.06. The van der Waals surface area contributed by atoms with E-state index in [2.05, 4.69) is 19.2 Å². The minimum Gasteiger partial charge on any atom is -0.508 e. The van der Waals surface area contributed by atoms with Gasteiger partial charge in [0.1, 0.15) is 5.75 Å². The highest BCUT2D eigenvalue weighted by Gasteiger charge is 2.22. The van der Waals surface area contributed by atoms with Crippen LogP contribution < -0.4 is 5.32 Å². The molecule has 1 aromatic carbocycles. The van der Waals surface area contributed by atoms with Crippen molar-refractivity contribution in [2.24, 2.45) is 11.8 Å². The lowest BCUT2D eigenvalue weighted by molar-refractivity contribution is 0.240. The van der Waals surface area contributed by atoms with Crippen molar-refractivity contribution < 1.29 is 5.11 Å². The molecule has 0 spiro atoms. The zero-order valence-corrected chi connectivity index (χ0v) is 11.5. The van der Waals surface area contributed by atoms with Crippen LogP contribution in [0.15, 0.2) is 24.3 Å². The van der Waals surface area contributed by atoms with Crippen molar-refractivity contribution >= 4 is 0 Å². The van der Waals surface area contributed by atoms with Crippen LogP contribution in [-0.4, -0.2) is 17.7 Å². The van der Waals surface area contributed by atoms with Crippen LogP contribution in [0.1, 0.15) is 38.7 Å². The van der Waals surface area contributed by atoms with Crippen molar-refractivity contribution in [1.29, 1.82) is 0 Å². The van der Waals surface area contributed by atoms with E-state index in [9.17, 15) is 5.11 Å². The van der Waals surface area contributed by atoms with E-state index in [4.69, 9.17) is 0 Å². The summed E-state index contributed by atoms with van der Waals surface area (Å²) >= 11 is 0. The minimum absolute atomic E-state index is 0.349. The minimum atomic E-state index is 0.349. The van der Waals surface area contributed by atoms with Gasteiger partial charge in [-0.05, 0) is 61.8 Å². The molecule has 1 aromatic rings. The van der Waals surface area contributed by atoms with Gasteiger partial charge in [0, 0.05) is 6.04 Å². The molecule has 0 radical (unpaired) electrons. The van der Waals surface area contributed by atoms with E-state index in [1.165, 1.54) is 24.8 Å². The Bertz CT molecular complexity index is 350. The summed E-state index contributed by atoms with van der Waals surface area (Å²) in [6, 6.07) is 8.23. The lowest BCUT2D eigenvalue weighted by Crippen LogP contribution is -2.37. The van der Waals surface area contributed by atoms with Crippen molar-refractivity contribution in [3.8, 4) is 5.75 Å². The molecule has 100 valence electrons. The van der Waals surface area contributed by atoms with Crippen LogP contribution in [0.5, 0.6) is 5.75 Å². The summed E-state index contributed by atoms with van der Waals surface area (Å²) in [6.45, 7) is 5.77. The predicted octanol–water partition coefficient (Wildman–Crippen LogP) is 3.35. The van der Waals surface area contributed by atoms with Crippen LogP contribution in [-0.2, 0) is 6.42 Å². The Morgan fingerprint density at radius 3 is 2.28 bits per heavy atom. The number of hydrogen-bond acceptors (Lipinski definition) is 2. The van der Waals surface area contributed by atoms with Crippen LogP contribution in [0.4, 0.5) is 0 Å². The Balaban J connectivity index is 1.73. The first-order valence-electron chi connectivity index (χ1n) is 7.14. The molecule has 2 nitrogen and oxygen atoms in total. The Morgan fingerprint density at radius 1 is 1.06 bits per heavy atom. The first-order chi connectivity index (χ1) is 8.63. The molecule has 0 aliphatic heterocycles. The third-order valence-electron chi connectivity index (χ3n) is 3.96. The van der Waals surface area contributed by atoms with Gasteiger partial charge < -0.3 is 10.4 Å². The average Bonchev–Trinajstić information content (AvgIpc) is 2.30. The molecule has 2 atom stereocenters. The molecule has 1 saturated carbocycles. The largest absolute Gasteiger partial charge is 0.508 e. The third-order valence-corrected chi connectivity index (χ3v) is 3.96. The number of benzene rings is 1. The molecule has 0 saturated heterocycles. The summed E-state index contributed by atoms with van der Waals surface area (Å²) < 4.78 is 0. The van der Waals surface area contributed by atoms with E-state index in [0.29, 0.717) is 11.8 Å². The van der Waals surface area contributed by atoms with E-state index < -0.39 is 0 Å². The SMILES string of the molecule is CC1CC(C)CC(NCCc2ccc(O)cc2)C1. The molecular weight excluding hydrogens is 222 g/mol. The highest BCUT2D eigenvalue weighted by molar-refractivity contribution is 5.25. The lowest BCUT2D eigenvalue weighted by atomic mass is 9.80. The average molecular weight is 247 g/mol. The molecule has 1 aliphatic rings. The highest BCUT2D eigenvalue weighted by atomic mass is 16.3. The summed E-state index contributed by atoms with van der Waals surface area (Å²) in [5, 5.41) is 12.9. The van der Waals surface area contributed by atoms with Crippen LogP contribution >= 0.6 is 0 Å². The Kier molecular flexibility index (Phi) is 4.65. The van der Waals surface area contributed by atoms with Gasteiger partial charge >= 0.3 is 0 Å². The summed E-state index contributed by atoms with van der Waals surface area (Å²) in [7, 11) is 0. The smallest absolute Gasteiger partial charge is 0.115 e. The van der Waals surface area contributed by atoms with Gasteiger partial charge in [-0.3, -0.25) is 0 Å². The zero-order chi connectivity index (χ0) is 13.0. The lowest BCUT2D eigenvalue weighted by Gasteiger charge is -2.32. The molecule has 1 fully saturated rings. The topological polar surface area (TPSA) is 32.3 Å². The number of phenolic OH excluding ortho intramolecular Hbond substituents is 1. The number of hydrogen-bond donors (Lipinski definition) is 2. The van der Waals surface area contributed by atoms with Gasteiger partial charge in [0.25, 0.3) is 0 Å². The van der Waals surface area contributed by atoms with E-state index in [0.717, 1.165) is 24.8 Å². The van der Waals surface area contributed by atoms with Gasteiger partial charge in [0.2, 0.25) is 0 Å². The maximum Gasteiger partial charge on any atom is 0.115 e. The summed E-state index contributed by atoms with van der Waals surface area (Å²) in [5.74, 6) is 2.07. The number of nitrogens with one attached hydrogen (secondary N) is 1. The van der Waals surface area contributed by atoms with Crippen LogP contribution in [0, 0.1) is 11.8 Å². The van der Waals surface area contributed by atoms with E-state index in [1.807, 2.05) is 12.1 Å². The predicted molar refractivity (Wildman–Crippen MR) is 75.8 cm³/mol. The Hall–Kier alpha value is -1.02. The Labute approximate surface area is 110 Å². The van der Waals surface area contributed by atoms with Gasteiger partial charge in [-0.2, -0.15) is 0 Å². The maximum absolute atomic E-state index is 9.23. The fraction of sp³-hybridized carbons (Fsp3) is 0.625. The van der Waals surface area contributed by atoms with Crippen molar-refractivity contribution in [3.05, 3.63) is 29.8 Å². The molecule has 1 aliphatic carbocycles. The van der Waals surface area contributed by atoms with E-state index in [1.54, 1.807) is 12.1 Å². The second kappa shape index (κ2) is 6.24. The van der Waals surface area contributed by atoms with Gasteiger partial charge in [0.15, 0.2) is 0 Å². The molecule has 2 unspecified atom stereocenters. The molecule has 2 rings (SSSR count). The van der Waals surface area contributed by atoms with E-state index >= 15 is 0 Å². The van der Waals surface area contributed by atoms with Gasteiger partial charge in [-0.25, -0.2) is 0 Å². The second-order valence-corrected chi connectivity index (χ2v) is 5.98. The molecule has 2 heteroatoms. The van der Waals surface area contributed by atoms with Gasteiger partial charge in [-0.15, -0.1) is 0 Å². The second-order valence-electron chi connectivity index (χ2n) is 5.98. The normalized spacial score (nSPS) is 28.2. The molecule has 0 bridgehead atoms. The highest BCUT2D eigenvalue weighted by Crippen LogP contribution is 2.28. The zero-order valence-electron chi connectivity index (χ0n) is 11.5. The molecule has 0 heterocycles. The number of phenols is 1. The van der Waals surface area contributed by atoms with Crippen molar-refractivity contribution in [1.82, 2.24) is 5.32 Å². The third kappa shape index (κ3) is 4.02. The summed E-state index contributed by atoms with van der Waals surface area (Å²) in [5.41, 5.74) is 1.29. The number of aromatic hydroxyl groups is 1. The number of rotatable bonds is 4. The van der Waals surface area contributed by atoms with Gasteiger partial charge in [0.05, 0.1) is 0 Å². The first kappa shape index (κ1) is 13.4. The van der Waals surface area contributed by atoms with Crippen LogP contribution in [0.2, 0.25) is 0 Å². The Morgan fingerprint density at radius 2 is 1.67 bits per heavy atom. The molecule has 0 amide bonds. The maximum atomic E-state index is 9.23. The molecule has 18 heavy (non-hydrogen) atoms. The van der Waals surface area contributed by atoms with Crippen molar-refractivity contribution in [3.63, 3.8) is 0 Å². The van der Waals surface area contributed by atoms with E-state index in [-0.39, 0.29) is 0 Å². The quantitative estimate of drug-likeness (QED) is 0.855. The van der Waals surface area contributed by atoms with Crippen molar-refractivity contribution in [2.75, 3.05) is 6.54 Å². The standard InChI is InChI=1S/C16H25NO/c1-12-9-13(2)11-15(10-12)17-8-7-14-3-5-16(18)6-4-14/h3-6,12-13,15,17-18H,7-11H2,1-2H3. The van der Waals surface area contributed by atoms with Crippen molar-refractivity contribution in [2.45, 2.75) is 45.6 Å².